The Morgan fingerprint density at radius 3 is 2.48 bits per heavy atom. The second kappa shape index (κ2) is 9.20. The summed E-state index contributed by atoms with van der Waals surface area (Å²) >= 11 is 7.38. The van der Waals surface area contributed by atoms with Gasteiger partial charge in [0.2, 0.25) is 11.8 Å². The van der Waals surface area contributed by atoms with Gasteiger partial charge in [-0.3, -0.25) is 4.79 Å². The zero-order chi connectivity index (χ0) is 19.2. The average Bonchev–Trinajstić information content (AvgIpc) is 3.11. The number of thioether (sulfide) groups is 2. The molecule has 2 aromatic carbocycles. The summed E-state index contributed by atoms with van der Waals surface area (Å²) in [6.45, 7) is 0. The first-order valence-corrected chi connectivity index (χ1v) is 9.81. The fourth-order valence-electron chi connectivity index (χ4n) is 2.02. The van der Waals surface area contributed by atoms with Crippen LogP contribution in [0, 0.1) is 0 Å². The van der Waals surface area contributed by atoms with Gasteiger partial charge in [-0.2, -0.15) is 8.78 Å². The van der Waals surface area contributed by atoms with Gasteiger partial charge in [-0.15, -0.1) is 10.2 Å². The van der Waals surface area contributed by atoms with Gasteiger partial charge in [0.25, 0.3) is 11.0 Å². The van der Waals surface area contributed by atoms with E-state index in [0.29, 0.717) is 33.3 Å². The van der Waals surface area contributed by atoms with Crippen LogP contribution in [0.15, 0.2) is 63.1 Å². The van der Waals surface area contributed by atoms with Crippen LogP contribution in [0.4, 0.5) is 14.5 Å². The highest BCUT2D eigenvalue weighted by atomic mass is 35.5. The first-order chi connectivity index (χ1) is 13.0. The number of alkyl halides is 2. The summed E-state index contributed by atoms with van der Waals surface area (Å²) in [5, 5.41) is 11.4. The molecule has 5 nitrogen and oxygen atoms in total. The Morgan fingerprint density at radius 1 is 1.11 bits per heavy atom. The van der Waals surface area contributed by atoms with Crippen molar-refractivity contribution in [1.82, 2.24) is 10.2 Å². The van der Waals surface area contributed by atoms with Crippen molar-refractivity contribution >= 4 is 46.7 Å². The molecule has 3 aromatic rings. The molecule has 0 unspecified atom stereocenters. The molecule has 0 radical (unpaired) electrons. The standard InChI is InChI=1S/C17H12ClF2N3O2S2/c18-11-3-1-10(2-4-11)15-22-23-17(25-15)26-9-14(24)21-12-5-7-13(8-6-12)27-16(19)20/h1-8,16H,9H2,(H,21,24). The average molecular weight is 428 g/mol. The van der Waals surface area contributed by atoms with Crippen LogP contribution in [0.5, 0.6) is 0 Å². The van der Waals surface area contributed by atoms with Crippen molar-refractivity contribution in [3.63, 3.8) is 0 Å². The van der Waals surface area contributed by atoms with Crippen molar-refractivity contribution < 1.29 is 18.0 Å². The maximum atomic E-state index is 12.3. The van der Waals surface area contributed by atoms with Gasteiger partial charge in [-0.25, -0.2) is 0 Å². The van der Waals surface area contributed by atoms with E-state index in [0.717, 1.165) is 17.3 Å². The van der Waals surface area contributed by atoms with Crippen LogP contribution >= 0.6 is 35.1 Å². The van der Waals surface area contributed by atoms with Crippen molar-refractivity contribution in [2.75, 3.05) is 11.1 Å². The van der Waals surface area contributed by atoms with Crippen LogP contribution in [-0.4, -0.2) is 27.6 Å². The summed E-state index contributed by atoms with van der Waals surface area (Å²) in [5.74, 6) is -2.35. The molecule has 0 bridgehead atoms. The van der Waals surface area contributed by atoms with E-state index in [2.05, 4.69) is 15.5 Å². The number of amides is 1. The Morgan fingerprint density at radius 2 is 1.81 bits per heavy atom. The predicted octanol–water partition coefficient (Wildman–Crippen LogP) is 5.44. The second-order valence-electron chi connectivity index (χ2n) is 5.12. The normalized spacial score (nSPS) is 11.0. The minimum absolute atomic E-state index is 0.0653. The van der Waals surface area contributed by atoms with Crippen molar-refractivity contribution in [2.45, 2.75) is 15.9 Å². The quantitative estimate of drug-likeness (QED) is 0.507. The lowest BCUT2D eigenvalue weighted by atomic mass is 10.2. The molecule has 0 aliphatic carbocycles. The van der Waals surface area contributed by atoms with Crippen LogP contribution in [-0.2, 0) is 4.79 Å². The molecule has 10 heteroatoms. The summed E-state index contributed by atoms with van der Waals surface area (Å²) in [7, 11) is 0. The van der Waals surface area contributed by atoms with Crippen LogP contribution < -0.4 is 5.32 Å². The Labute approximate surface area is 166 Å². The topological polar surface area (TPSA) is 68.0 Å². The van der Waals surface area contributed by atoms with Crippen molar-refractivity contribution in [3.8, 4) is 11.5 Å². The predicted molar refractivity (Wildman–Crippen MR) is 102 cm³/mol. The third kappa shape index (κ3) is 5.95. The fourth-order valence-corrected chi connectivity index (χ4v) is 3.21. The lowest BCUT2D eigenvalue weighted by molar-refractivity contribution is -0.113. The molecule has 0 saturated heterocycles. The van der Waals surface area contributed by atoms with E-state index in [4.69, 9.17) is 16.0 Å². The number of carbonyl (C=O) groups is 1. The van der Waals surface area contributed by atoms with Crippen LogP contribution in [0.25, 0.3) is 11.5 Å². The fraction of sp³-hybridized carbons (Fsp3) is 0.118. The van der Waals surface area contributed by atoms with Gasteiger partial charge < -0.3 is 9.73 Å². The number of hydrogen-bond acceptors (Lipinski definition) is 6. The summed E-state index contributed by atoms with van der Waals surface area (Å²) in [5.41, 5.74) is 1.25. The maximum Gasteiger partial charge on any atom is 0.288 e. The van der Waals surface area contributed by atoms with Crippen LogP contribution in [0.1, 0.15) is 0 Å². The SMILES string of the molecule is O=C(CSc1nnc(-c2ccc(Cl)cc2)o1)Nc1ccc(SC(F)F)cc1. The highest BCUT2D eigenvalue weighted by molar-refractivity contribution is 7.99. The summed E-state index contributed by atoms with van der Waals surface area (Å²) in [6.07, 6.45) is 0. The molecule has 140 valence electrons. The zero-order valence-corrected chi connectivity index (χ0v) is 16.0. The molecule has 0 aliphatic rings. The molecule has 0 aliphatic heterocycles. The Kier molecular flexibility index (Phi) is 6.70. The zero-order valence-electron chi connectivity index (χ0n) is 13.6. The largest absolute Gasteiger partial charge is 0.411 e. The van der Waals surface area contributed by atoms with E-state index in [9.17, 15) is 13.6 Å². The lowest BCUT2D eigenvalue weighted by Crippen LogP contribution is -2.13. The van der Waals surface area contributed by atoms with E-state index < -0.39 is 5.76 Å². The third-order valence-corrected chi connectivity index (χ3v) is 4.98. The number of benzene rings is 2. The third-order valence-electron chi connectivity index (χ3n) is 3.19. The van der Waals surface area contributed by atoms with E-state index >= 15 is 0 Å². The molecule has 0 spiro atoms. The first-order valence-electron chi connectivity index (χ1n) is 7.56. The van der Waals surface area contributed by atoms with Gasteiger partial charge >= 0.3 is 0 Å². The summed E-state index contributed by atoms with van der Waals surface area (Å²) in [4.78, 5) is 12.4. The lowest BCUT2D eigenvalue weighted by Gasteiger charge is -2.05. The minimum atomic E-state index is -2.48. The molecule has 1 N–H and O–H groups in total. The molecular formula is C17H12ClF2N3O2S2. The first kappa shape index (κ1) is 19.7. The Bertz CT molecular complexity index is 905. The van der Waals surface area contributed by atoms with E-state index in [1.54, 1.807) is 36.4 Å². The smallest absolute Gasteiger partial charge is 0.288 e. The van der Waals surface area contributed by atoms with E-state index in [1.165, 1.54) is 12.1 Å². The van der Waals surface area contributed by atoms with Crippen molar-refractivity contribution in [1.29, 1.82) is 0 Å². The number of anilines is 1. The van der Waals surface area contributed by atoms with E-state index in [-0.39, 0.29) is 16.9 Å². The Hall–Kier alpha value is -2.10. The van der Waals surface area contributed by atoms with Gasteiger partial charge in [-0.05, 0) is 48.5 Å². The number of nitrogens with zero attached hydrogens (tertiary/aromatic N) is 2. The molecule has 0 fully saturated rings. The molecular weight excluding hydrogens is 416 g/mol. The summed E-state index contributed by atoms with van der Waals surface area (Å²) in [6, 6.07) is 13.1. The number of hydrogen-bond donors (Lipinski definition) is 1. The van der Waals surface area contributed by atoms with Crippen molar-refractivity contribution in [2.24, 2.45) is 0 Å². The number of halogens is 3. The van der Waals surface area contributed by atoms with Gasteiger partial charge in [-0.1, -0.05) is 35.1 Å². The molecule has 0 atom stereocenters. The molecule has 27 heavy (non-hydrogen) atoms. The number of rotatable bonds is 7. The number of nitrogens with one attached hydrogen (secondary N) is 1. The van der Waals surface area contributed by atoms with Crippen LogP contribution in [0.3, 0.4) is 0 Å². The molecule has 1 aromatic heterocycles. The molecule has 1 heterocycles. The highest BCUT2D eigenvalue weighted by Crippen LogP contribution is 2.27. The Balaban J connectivity index is 1.51. The summed E-state index contributed by atoms with van der Waals surface area (Å²) < 4.78 is 30.1. The highest BCUT2D eigenvalue weighted by Gasteiger charge is 2.12. The minimum Gasteiger partial charge on any atom is -0.411 e. The molecule has 3 rings (SSSR count). The number of aromatic nitrogens is 2. The molecule has 0 saturated carbocycles. The maximum absolute atomic E-state index is 12.3. The van der Waals surface area contributed by atoms with Crippen LogP contribution in [0.2, 0.25) is 5.02 Å². The van der Waals surface area contributed by atoms with Gasteiger partial charge in [0, 0.05) is 21.2 Å². The van der Waals surface area contributed by atoms with Crippen molar-refractivity contribution in [3.05, 3.63) is 53.6 Å². The monoisotopic (exact) mass is 427 g/mol. The van der Waals surface area contributed by atoms with Gasteiger partial charge in [0.1, 0.15) is 0 Å². The van der Waals surface area contributed by atoms with E-state index in [1.807, 2.05) is 0 Å². The van der Waals surface area contributed by atoms with Gasteiger partial charge in [0.05, 0.1) is 5.75 Å². The molecule has 1 amide bonds. The number of carbonyl (C=O) groups excluding carboxylic acids is 1. The van der Waals surface area contributed by atoms with Gasteiger partial charge in [0.15, 0.2) is 0 Å². The second-order valence-corrected chi connectivity index (χ2v) is 7.55.